The molecule has 1 N–H and O–H groups in total. The molecule has 0 saturated heterocycles. The molecule has 142 valence electrons. The molecular formula is C19H24FNO5. The first-order valence-electron chi connectivity index (χ1n) is 8.63. The number of hydrogen-bond acceptors (Lipinski definition) is 4. The molecule has 26 heavy (non-hydrogen) atoms. The fourth-order valence-corrected chi connectivity index (χ4v) is 2.73. The molecule has 1 unspecified atom stereocenters. The van der Waals surface area contributed by atoms with Gasteiger partial charge in [-0.2, -0.15) is 0 Å². The summed E-state index contributed by atoms with van der Waals surface area (Å²) in [6.07, 6.45) is 0.583. The van der Waals surface area contributed by atoms with Gasteiger partial charge in [0.15, 0.2) is 5.76 Å². The third-order valence-corrected chi connectivity index (χ3v) is 4.22. The number of carboxylic acids is 1. The number of furan rings is 1. The van der Waals surface area contributed by atoms with Gasteiger partial charge in [0, 0.05) is 37.3 Å². The summed E-state index contributed by atoms with van der Waals surface area (Å²) in [5, 5.41) is 9.70. The van der Waals surface area contributed by atoms with Gasteiger partial charge in [-0.05, 0) is 38.5 Å². The van der Waals surface area contributed by atoms with Crippen molar-refractivity contribution in [2.45, 2.75) is 27.2 Å². The van der Waals surface area contributed by atoms with Crippen molar-refractivity contribution in [1.29, 1.82) is 0 Å². The number of rotatable bonds is 9. The maximum Gasteiger partial charge on any atom is 0.308 e. The third kappa shape index (κ3) is 4.60. The predicted molar refractivity (Wildman–Crippen MR) is 94.7 cm³/mol. The number of aryl methyl sites for hydroxylation is 1. The molecule has 1 heterocycles. The van der Waals surface area contributed by atoms with Crippen molar-refractivity contribution in [1.82, 2.24) is 4.90 Å². The van der Waals surface area contributed by atoms with Crippen LogP contribution in [0.3, 0.4) is 0 Å². The Kier molecular flexibility index (Phi) is 6.74. The van der Waals surface area contributed by atoms with Crippen LogP contribution in [-0.2, 0) is 9.53 Å². The lowest BCUT2D eigenvalue weighted by Gasteiger charge is -2.24. The highest BCUT2D eigenvalue weighted by molar-refractivity contribution is 5.99. The summed E-state index contributed by atoms with van der Waals surface area (Å²) >= 11 is 0. The molecule has 2 rings (SSSR count). The van der Waals surface area contributed by atoms with Crippen LogP contribution in [0.15, 0.2) is 22.6 Å². The lowest BCUT2D eigenvalue weighted by molar-refractivity contribution is -0.141. The third-order valence-electron chi connectivity index (χ3n) is 4.22. The minimum Gasteiger partial charge on any atom is -0.481 e. The van der Waals surface area contributed by atoms with Gasteiger partial charge in [-0.15, -0.1) is 0 Å². The van der Waals surface area contributed by atoms with E-state index in [4.69, 9.17) is 14.3 Å². The van der Waals surface area contributed by atoms with Crippen LogP contribution in [0.2, 0.25) is 0 Å². The molecule has 1 amide bonds. The summed E-state index contributed by atoms with van der Waals surface area (Å²) in [7, 11) is 0. The van der Waals surface area contributed by atoms with E-state index in [0.717, 1.165) is 0 Å². The lowest BCUT2D eigenvalue weighted by Crippen LogP contribution is -2.38. The number of aliphatic carboxylic acids is 1. The number of halogens is 1. The molecule has 0 fully saturated rings. The topological polar surface area (TPSA) is 80.0 Å². The summed E-state index contributed by atoms with van der Waals surface area (Å²) < 4.78 is 24.4. The Morgan fingerprint density at radius 2 is 2.12 bits per heavy atom. The molecule has 6 nitrogen and oxygen atoms in total. The molecule has 1 atom stereocenters. The molecular weight excluding hydrogens is 341 g/mol. The number of carbonyl (C=O) groups excluding carboxylic acids is 1. The first-order valence-corrected chi connectivity index (χ1v) is 8.63. The molecule has 0 aliphatic heterocycles. The van der Waals surface area contributed by atoms with Gasteiger partial charge in [-0.3, -0.25) is 9.59 Å². The SMILES string of the molecule is CCOCCCN(CC(C)C(=O)O)C(=O)c1oc2ccc(F)cc2c1C. The largest absolute Gasteiger partial charge is 0.481 e. The Morgan fingerprint density at radius 1 is 1.38 bits per heavy atom. The number of fused-ring (bicyclic) bond motifs is 1. The zero-order chi connectivity index (χ0) is 19.3. The first kappa shape index (κ1) is 19.9. The van der Waals surface area contributed by atoms with Crippen molar-refractivity contribution in [2.24, 2.45) is 5.92 Å². The van der Waals surface area contributed by atoms with Gasteiger partial charge >= 0.3 is 5.97 Å². The van der Waals surface area contributed by atoms with Crippen molar-refractivity contribution in [3.8, 4) is 0 Å². The summed E-state index contributed by atoms with van der Waals surface area (Å²) in [6.45, 7) is 6.59. The van der Waals surface area contributed by atoms with Crippen LogP contribution in [0, 0.1) is 18.7 Å². The summed E-state index contributed by atoms with van der Waals surface area (Å²) in [6, 6.07) is 4.07. The quantitative estimate of drug-likeness (QED) is 0.688. The molecule has 0 aliphatic carbocycles. The predicted octanol–water partition coefficient (Wildman–Crippen LogP) is 3.47. The molecule has 0 radical (unpaired) electrons. The second kappa shape index (κ2) is 8.80. The number of amides is 1. The highest BCUT2D eigenvalue weighted by Crippen LogP contribution is 2.27. The van der Waals surface area contributed by atoms with Crippen molar-refractivity contribution in [2.75, 3.05) is 26.3 Å². The second-order valence-electron chi connectivity index (χ2n) is 6.24. The number of carbonyl (C=O) groups is 2. The Morgan fingerprint density at radius 3 is 2.77 bits per heavy atom. The fourth-order valence-electron chi connectivity index (χ4n) is 2.73. The minimum absolute atomic E-state index is 0.0607. The molecule has 1 aromatic carbocycles. The van der Waals surface area contributed by atoms with Crippen LogP contribution in [-0.4, -0.2) is 48.2 Å². The van der Waals surface area contributed by atoms with Crippen LogP contribution in [0.25, 0.3) is 11.0 Å². The van der Waals surface area contributed by atoms with E-state index in [0.29, 0.717) is 42.7 Å². The fraction of sp³-hybridized carbons (Fsp3) is 0.474. The zero-order valence-corrected chi connectivity index (χ0v) is 15.3. The summed E-state index contributed by atoms with van der Waals surface area (Å²) in [5.41, 5.74) is 0.968. The van der Waals surface area contributed by atoms with Crippen LogP contribution >= 0.6 is 0 Å². The smallest absolute Gasteiger partial charge is 0.308 e. The van der Waals surface area contributed by atoms with Crippen LogP contribution < -0.4 is 0 Å². The van der Waals surface area contributed by atoms with Crippen molar-refractivity contribution in [3.05, 3.63) is 35.3 Å². The average Bonchev–Trinajstić information content (AvgIpc) is 2.93. The molecule has 0 bridgehead atoms. The molecule has 1 aromatic heterocycles. The zero-order valence-electron chi connectivity index (χ0n) is 15.3. The normalized spacial score (nSPS) is 12.3. The number of hydrogen-bond donors (Lipinski definition) is 1. The monoisotopic (exact) mass is 365 g/mol. The average molecular weight is 365 g/mol. The van der Waals surface area contributed by atoms with Gasteiger partial charge in [-0.1, -0.05) is 6.92 Å². The van der Waals surface area contributed by atoms with Crippen LogP contribution in [0.5, 0.6) is 0 Å². The first-order chi connectivity index (χ1) is 12.3. The number of benzene rings is 1. The van der Waals surface area contributed by atoms with Crippen molar-refractivity contribution < 1.29 is 28.2 Å². The standard InChI is InChI=1S/C19H24FNO5/c1-4-25-9-5-8-21(11-12(2)19(23)24)18(22)17-13(3)15-10-14(20)6-7-16(15)26-17/h6-7,10,12H,4-5,8-9,11H2,1-3H3,(H,23,24). The summed E-state index contributed by atoms with van der Waals surface area (Å²) in [4.78, 5) is 25.6. The van der Waals surface area contributed by atoms with Crippen LogP contribution in [0.1, 0.15) is 36.4 Å². The van der Waals surface area contributed by atoms with Gasteiger partial charge in [0.25, 0.3) is 5.91 Å². The Balaban J connectivity index is 2.26. The number of ether oxygens (including phenoxy) is 1. The van der Waals surface area contributed by atoms with E-state index in [1.54, 1.807) is 13.8 Å². The number of nitrogens with zero attached hydrogens (tertiary/aromatic N) is 1. The van der Waals surface area contributed by atoms with Crippen LogP contribution in [0.4, 0.5) is 4.39 Å². The summed E-state index contributed by atoms with van der Waals surface area (Å²) in [5.74, 6) is -2.39. The molecule has 0 aliphatic rings. The Labute approximate surface area is 151 Å². The maximum absolute atomic E-state index is 13.5. The van der Waals surface area contributed by atoms with Crippen molar-refractivity contribution >= 4 is 22.8 Å². The highest BCUT2D eigenvalue weighted by Gasteiger charge is 2.26. The molecule has 0 saturated carbocycles. The maximum atomic E-state index is 13.5. The van der Waals surface area contributed by atoms with E-state index in [1.165, 1.54) is 23.1 Å². The van der Waals surface area contributed by atoms with Gasteiger partial charge in [0.1, 0.15) is 11.4 Å². The van der Waals surface area contributed by atoms with Gasteiger partial charge in [-0.25, -0.2) is 4.39 Å². The molecule has 7 heteroatoms. The van der Waals surface area contributed by atoms with E-state index in [1.807, 2.05) is 6.92 Å². The van der Waals surface area contributed by atoms with E-state index >= 15 is 0 Å². The van der Waals surface area contributed by atoms with Gasteiger partial charge in [0.05, 0.1) is 5.92 Å². The highest BCUT2D eigenvalue weighted by atomic mass is 19.1. The van der Waals surface area contributed by atoms with Gasteiger partial charge < -0.3 is 19.2 Å². The second-order valence-corrected chi connectivity index (χ2v) is 6.24. The van der Waals surface area contributed by atoms with Gasteiger partial charge in [0.2, 0.25) is 0 Å². The Hall–Kier alpha value is -2.41. The molecule has 2 aromatic rings. The van der Waals surface area contributed by atoms with E-state index in [-0.39, 0.29) is 12.3 Å². The Bertz CT molecular complexity index is 786. The molecule has 0 spiro atoms. The number of carboxylic acid groups (broad SMARTS) is 1. The van der Waals surface area contributed by atoms with Crippen molar-refractivity contribution in [3.63, 3.8) is 0 Å². The lowest BCUT2D eigenvalue weighted by atomic mass is 10.1. The van der Waals surface area contributed by atoms with E-state index in [2.05, 4.69) is 0 Å². The van der Waals surface area contributed by atoms with E-state index in [9.17, 15) is 14.0 Å². The minimum atomic E-state index is -0.976. The van der Waals surface area contributed by atoms with E-state index < -0.39 is 23.6 Å².